The number of amides is 1. The van der Waals surface area contributed by atoms with Crippen LogP contribution in [0.5, 0.6) is 0 Å². The van der Waals surface area contributed by atoms with Gasteiger partial charge in [0.2, 0.25) is 0 Å². The van der Waals surface area contributed by atoms with Crippen LogP contribution in [0.25, 0.3) is 22.4 Å². The zero-order valence-electron chi connectivity index (χ0n) is 18.9. The van der Waals surface area contributed by atoms with Crippen molar-refractivity contribution in [2.24, 2.45) is 0 Å². The van der Waals surface area contributed by atoms with Gasteiger partial charge in [0.25, 0.3) is 5.91 Å². The van der Waals surface area contributed by atoms with E-state index in [1.54, 1.807) is 6.07 Å². The average Bonchev–Trinajstić information content (AvgIpc) is 3.41. The highest BCUT2D eigenvalue weighted by molar-refractivity contribution is 7.98. The first-order valence-electron chi connectivity index (χ1n) is 11.3. The van der Waals surface area contributed by atoms with Crippen LogP contribution >= 0.6 is 11.8 Å². The van der Waals surface area contributed by atoms with Crippen molar-refractivity contribution in [2.75, 3.05) is 0 Å². The van der Waals surface area contributed by atoms with Crippen LogP contribution in [-0.4, -0.2) is 16.1 Å². The molecule has 0 aliphatic heterocycles. The smallest absolute Gasteiger partial charge is 0.287 e. The summed E-state index contributed by atoms with van der Waals surface area (Å²) < 4.78 is 5.72. The quantitative estimate of drug-likeness (QED) is 0.254. The average molecular weight is 478 g/mol. The third kappa shape index (κ3) is 5.86. The molecule has 172 valence electrons. The van der Waals surface area contributed by atoms with Gasteiger partial charge in [0.15, 0.2) is 5.76 Å². The second kappa shape index (κ2) is 10.8. The summed E-state index contributed by atoms with van der Waals surface area (Å²) in [5.41, 5.74) is 5.24. The van der Waals surface area contributed by atoms with Crippen molar-refractivity contribution in [1.29, 1.82) is 0 Å². The Morgan fingerprint density at radius 1 is 0.714 bits per heavy atom. The topological polar surface area (TPSA) is 68.0 Å². The predicted octanol–water partition coefficient (Wildman–Crippen LogP) is 6.63. The van der Waals surface area contributed by atoms with Gasteiger partial charge in [-0.2, -0.15) is 0 Å². The van der Waals surface area contributed by atoms with Crippen molar-refractivity contribution in [2.45, 2.75) is 17.3 Å². The number of carbonyl (C=O) groups is 1. The molecule has 1 amide bonds. The number of benzene rings is 3. The van der Waals surface area contributed by atoms with E-state index in [9.17, 15) is 4.79 Å². The summed E-state index contributed by atoms with van der Waals surface area (Å²) in [6.45, 7) is 0.460. The summed E-state index contributed by atoms with van der Waals surface area (Å²) in [6, 6.07) is 35.8. The van der Waals surface area contributed by atoms with E-state index < -0.39 is 0 Å². The van der Waals surface area contributed by atoms with Crippen LogP contribution in [0.3, 0.4) is 0 Å². The first kappa shape index (κ1) is 22.6. The van der Waals surface area contributed by atoms with E-state index in [1.165, 1.54) is 22.9 Å². The summed E-state index contributed by atoms with van der Waals surface area (Å²) in [4.78, 5) is 12.3. The molecule has 2 heterocycles. The van der Waals surface area contributed by atoms with Crippen molar-refractivity contribution in [3.63, 3.8) is 0 Å². The van der Waals surface area contributed by atoms with Crippen molar-refractivity contribution in [1.82, 2.24) is 15.5 Å². The third-order valence-electron chi connectivity index (χ3n) is 5.47. The summed E-state index contributed by atoms with van der Waals surface area (Å²) in [5, 5.41) is 12.4. The highest BCUT2D eigenvalue weighted by Crippen LogP contribution is 2.26. The lowest BCUT2D eigenvalue weighted by Crippen LogP contribution is -2.22. The second-order valence-electron chi connectivity index (χ2n) is 7.92. The van der Waals surface area contributed by atoms with Gasteiger partial charge < -0.3 is 9.73 Å². The molecule has 0 saturated heterocycles. The van der Waals surface area contributed by atoms with Crippen molar-refractivity contribution in [3.8, 4) is 22.4 Å². The summed E-state index contributed by atoms with van der Waals surface area (Å²) in [6.07, 6.45) is 0. The molecule has 0 aliphatic rings. The molecule has 35 heavy (non-hydrogen) atoms. The van der Waals surface area contributed by atoms with E-state index in [1.807, 2.05) is 66.7 Å². The van der Waals surface area contributed by atoms with Crippen LogP contribution in [0.4, 0.5) is 0 Å². The van der Waals surface area contributed by atoms with E-state index in [-0.39, 0.29) is 5.91 Å². The molecular weight excluding hydrogens is 454 g/mol. The number of hydrogen-bond donors (Lipinski definition) is 1. The molecule has 5 nitrogen and oxygen atoms in total. The minimum Gasteiger partial charge on any atom is -0.455 e. The SMILES string of the molecule is O=C(NCc1ccccc1)c1ccc(CSc2ccc(-c3ccc(-c4ccccc4)cc3)nn2)o1. The van der Waals surface area contributed by atoms with Crippen LogP contribution in [-0.2, 0) is 12.3 Å². The highest BCUT2D eigenvalue weighted by Gasteiger charge is 2.12. The number of hydrogen-bond acceptors (Lipinski definition) is 5. The van der Waals surface area contributed by atoms with Gasteiger partial charge >= 0.3 is 0 Å². The summed E-state index contributed by atoms with van der Waals surface area (Å²) in [7, 11) is 0. The Hall–Kier alpha value is -4.16. The molecule has 5 aromatic rings. The number of nitrogens with zero attached hydrogens (tertiary/aromatic N) is 2. The monoisotopic (exact) mass is 477 g/mol. The van der Waals surface area contributed by atoms with Gasteiger partial charge in [-0.3, -0.25) is 4.79 Å². The van der Waals surface area contributed by atoms with Crippen LogP contribution in [0.1, 0.15) is 21.9 Å². The fourth-order valence-corrected chi connectivity index (χ4v) is 4.31. The molecule has 0 saturated carbocycles. The molecule has 2 aromatic heterocycles. The Morgan fingerprint density at radius 2 is 1.40 bits per heavy atom. The molecule has 0 fully saturated rings. The summed E-state index contributed by atoms with van der Waals surface area (Å²) >= 11 is 1.51. The Morgan fingerprint density at radius 3 is 2.11 bits per heavy atom. The van der Waals surface area contributed by atoms with Gasteiger partial charge in [0.1, 0.15) is 10.8 Å². The van der Waals surface area contributed by atoms with Crippen molar-refractivity contribution >= 4 is 17.7 Å². The van der Waals surface area contributed by atoms with Crippen molar-refractivity contribution < 1.29 is 9.21 Å². The van der Waals surface area contributed by atoms with E-state index in [2.05, 4.69) is 51.9 Å². The summed E-state index contributed by atoms with van der Waals surface area (Å²) in [5.74, 6) is 1.35. The van der Waals surface area contributed by atoms with E-state index >= 15 is 0 Å². The molecule has 0 radical (unpaired) electrons. The van der Waals surface area contributed by atoms with E-state index in [0.29, 0.717) is 23.8 Å². The predicted molar refractivity (Wildman–Crippen MR) is 139 cm³/mol. The second-order valence-corrected chi connectivity index (χ2v) is 8.92. The Kier molecular flexibility index (Phi) is 7.01. The molecule has 0 aliphatic carbocycles. The zero-order chi connectivity index (χ0) is 23.9. The molecular formula is C29H23N3O2S. The molecule has 5 rings (SSSR count). The maximum Gasteiger partial charge on any atom is 0.287 e. The van der Waals surface area contributed by atoms with Gasteiger partial charge in [-0.15, -0.1) is 10.2 Å². The van der Waals surface area contributed by atoms with E-state index in [4.69, 9.17) is 4.42 Å². The molecule has 0 spiro atoms. The number of carbonyl (C=O) groups excluding carboxylic acids is 1. The van der Waals surface area contributed by atoms with Gasteiger partial charge in [-0.05, 0) is 41.0 Å². The third-order valence-corrected chi connectivity index (χ3v) is 6.41. The normalized spacial score (nSPS) is 10.7. The Labute approximate surface area is 208 Å². The fraction of sp³-hybridized carbons (Fsp3) is 0.0690. The lowest BCUT2D eigenvalue weighted by molar-refractivity contribution is 0.0921. The fourth-order valence-electron chi connectivity index (χ4n) is 3.60. The Bertz CT molecular complexity index is 1380. The van der Waals surface area contributed by atoms with Gasteiger partial charge in [-0.25, -0.2) is 0 Å². The van der Waals surface area contributed by atoms with Crippen LogP contribution in [0.2, 0.25) is 0 Å². The number of rotatable bonds is 8. The van der Waals surface area contributed by atoms with Gasteiger partial charge in [0.05, 0.1) is 11.4 Å². The maximum absolute atomic E-state index is 12.3. The van der Waals surface area contributed by atoms with Crippen LogP contribution in [0.15, 0.2) is 119 Å². The number of furan rings is 1. The minimum atomic E-state index is -0.229. The van der Waals surface area contributed by atoms with Gasteiger partial charge in [0, 0.05) is 12.1 Å². The lowest BCUT2D eigenvalue weighted by atomic mass is 10.0. The largest absolute Gasteiger partial charge is 0.455 e. The van der Waals surface area contributed by atoms with Gasteiger partial charge in [-0.1, -0.05) is 96.7 Å². The first-order valence-corrected chi connectivity index (χ1v) is 12.3. The number of aromatic nitrogens is 2. The maximum atomic E-state index is 12.3. The van der Waals surface area contributed by atoms with Crippen LogP contribution < -0.4 is 5.32 Å². The zero-order valence-corrected chi connectivity index (χ0v) is 19.7. The highest BCUT2D eigenvalue weighted by atomic mass is 32.2. The lowest BCUT2D eigenvalue weighted by Gasteiger charge is -2.05. The first-order chi connectivity index (χ1) is 17.2. The molecule has 6 heteroatoms. The molecule has 0 atom stereocenters. The Balaban J connectivity index is 1.15. The van der Waals surface area contributed by atoms with Crippen molar-refractivity contribution in [3.05, 3.63) is 126 Å². The molecule has 0 unspecified atom stereocenters. The van der Waals surface area contributed by atoms with E-state index in [0.717, 1.165) is 21.8 Å². The number of thioether (sulfide) groups is 1. The minimum absolute atomic E-state index is 0.229. The number of nitrogens with one attached hydrogen (secondary N) is 1. The standard InChI is InChI=1S/C29H23N3O2S/c33-29(30-19-21-7-3-1-4-8-21)27-17-15-25(34-27)20-35-28-18-16-26(31-32-28)24-13-11-23(12-14-24)22-9-5-2-6-10-22/h1-18H,19-20H2,(H,30,33). The van der Waals surface area contributed by atoms with Crippen LogP contribution in [0, 0.1) is 0 Å². The molecule has 0 bridgehead atoms. The molecule has 1 N–H and O–H groups in total. The molecule has 3 aromatic carbocycles.